The third kappa shape index (κ3) is 3.71. The zero-order valence-corrected chi connectivity index (χ0v) is 13.8. The molecule has 0 fully saturated rings. The number of esters is 1. The molecule has 0 radical (unpaired) electrons. The lowest BCUT2D eigenvalue weighted by atomic mass is 10.3. The van der Waals surface area contributed by atoms with E-state index in [4.69, 9.17) is 4.74 Å². The lowest BCUT2D eigenvalue weighted by Crippen LogP contribution is -2.36. The Kier molecular flexibility index (Phi) is 5.65. The number of fused-ring (bicyclic) bond motifs is 1. The summed E-state index contributed by atoms with van der Waals surface area (Å²) in [7, 11) is 1.33. The molecular formula is C15H21N3O3S. The second-order valence-corrected chi connectivity index (χ2v) is 6.49. The summed E-state index contributed by atoms with van der Waals surface area (Å²) in [5.41, 5.74) is 1.16. The quantitative estimate of drug-likeness (QED) is 0.610. The van der Waals surface area contributed by atoms with Crippen molar-refractivity contribution in [1.82, 2.24) is 14.7 Å². The number of rotatable bonds is 5. The fourth-order valence-corrected chi connectivity index (χ4v) is 3.11. The minimum Gasteiger partial charge on any atom is -0.464 e. The molecule has 22 heavy (non-hydrogen) atoms. The summed E-state index contributed by atoms with van der Waals surface area (Å²) in [4.78, 5) is 25.9. The van der Waals surface area contributed by atoms with Crippen LogP contribution in [0.15, 0.2) is 18.7 Å². The first-order valence-electron chi connectivity index (χ1n) is 7.23. The predicted octanol–water partition coefficient (Wildman–Crippen LogP) is 1.71. The van der Waals surface area contributed by atoms with Crippen molar-refractivity contribution in [2.75, 3.05) is 19.4 Å². The minimum absolute atomic E-state index is 0.104. The number of carbonyl (C=O) groups is 2. The maximum absolute atomic E-state index is 12.5. The molecule has 7 heteroatoms. The molecule has 0 saturated heterocycles. The molecular weight excluding hydrogens is 302 g/mol. The van der Waals surface area contributed by atoms with E-state index in [9.17, 15) is 9.59 Å². The third-order valence-electron chi connectivity index (χ3n) is 3.53. The first kappa shape index (κ1) is 16.6. The van der Waals surface area contributed by atoms with E-state index in [1.165, 1.54) is 7.11 Å². The lowest BCUT2D eigenvalue weighted by Gasteiger charge is -2.23. The van der Waals surface area contributed by atoms with Crippen LogP contribution in [0.2, 0.25) is 0 Å². The molecule has 0 aromatic carbocycles. The Morgan fingerprint density at radius 3 is 3.00 bits per heavy atom. The first-order valence-corrected chi connectivity index (χ1v) is 8.28. The molecule has 2 rings (SSSR count). The van der Waals surface area contributed by atoms with Crippen LogP contribution in [0.5, 0.6) is 0 Å². The van der Waals surface area contributed by atoms with Gasteiger partial charge in [0, 0.05) is 18.8 Å². The molecule has 0 aliphatic carbocycles. The molecule has 0 N–H and O–H groups in total. The van der Waals surface area contributed by atoms with Crippen LogP contribution < -0.4 is 0 Å². The molecule has 6 nitrogen and oxygen atoms in total. The number of carbonyl (C=O) groups excluding carboxylic acids is 2. The van der Waals surface area contributed by atoms with E-state index in [2.05, 4.69) is 11.7 Å². The Bertz CT molecular complexity index is 570. The normalized spacial score (nSPS) is 15.6. The molecule has 1 unspecified atom stereocenters. The highest BCUT2D eigenvalue weighted by atomic mass is 32.2. The van der Waals surface area contributed by atoms with Gasteiger partial charge in [0.2, 0.25) is 5.91 Å². The van der Waals surface area contributed by atoms with Gasteiger partial charge in [-0.2, -0.15) is 5.10 Å². The van der Waals surface area contributed by atoms with Gasteiger partial charge in [-0.25, -0.2) is 4.79 Å². The number of hydrogen-bond donors (Lipinski definition) is 0. The van der Waals surface area contributed by atoms with Gasteiger partial charge in [-0.1, -0.05) is 6.08 Å². The summed E-state index contributed by atoms with van der Waals surface area (Å²) < 4.78 is 6.49. The van der Waals surface area contributed by atoms with E-state index in [0.717, 1.165) is 17.9 Å². The summed E-state index contributed by atoms with van der Waals surface area (Å²) in [6.07, 6.45) is 2.62. The van der Waals surface area contributed by atoms with Crippen LogP contribution in [0.1, 0.15) is 29.5 Å². The smallest absolute Gasteiger partial charge is 0.358 e. The van der Waals surface area contributed by atoms with Crippen LogP contribution in [-0.2, 0) is 22.6 Å². The summed E-state index contributed by atoms with van der Waals surface area (Å²) in [6, 6.07) is 1.71. The van der Waals surface area contributed by atoms with Gasteiger partial charge in [-0.3, -0.25) is 9.48 Å². The van der Waals surface area contributed by atoms with Crippen LogP contribution in [0.3, 0.4) is 0 Å². The number of thioether (sulfide) groups is 1. The minimum atomic E-state index is -0.451. The molecule has 1 aromatic rings. The van der Waals surface area contributed by atoms with Crippen molar-refractivity contribution in [2.45, 2.75) is 31.7 Å². The van der Waals surface area contributed by atoms with Crippen molar-refractivity contribution in [3.63, 3.8) is 0 Å². The largest absolute Gasteiger partial charge is 0.464 e. The van der Waals surface area contributed by atoms with Gasteiger partial charge in [0.05, 0.1) is 24.6 Å². The molecule has 0 saturated carbocycles. The highest BCUT2D eigenvalue weighted by molar-refractivity contribution is 8.00. The summed E-state index contributed by atoms with van der Waals surface area (Å²) >= 11 is 1.57. The molecule has 1 amide bonds. The van der Waals surface area contributed by atoms with Crippen LogP contribution in [0.25, 0.3) is 0 Å². The van der Waals surface area contributed by atoms with Crippen LogP contribution >= 0.6 is 11.8 Å². The first-order chi connectivity index (χ1) is 10.6. The Hall–Kier alpha value is -1.76. The number of hydrogen-bond acceptors (Lipinski definition) is 5. The summed E-state index contributed by atoms with van der Waals surface area (Å²) in [5.74, 6) is 0.417. The van der Waals surface area contributed by atoms with E-state index in [-0.39, 0.29) is 11.2 Å². The van der Waals surface area contributed by atoms with E-state index in [1.54, 1.807) is 28.6 Å². The zero-order chi connectivity index (χ0) is 16.1. The van der Waals surface area contributed by atoms with Gasteiger partial charge in [0.25, 0.3) is 0 Å². The van der Waals surface area contributed by atoms with Gasteiger partial charge in [0.1, 0.15) is 0 Å². The highest BCUT2D eigenvalue weighted by Crippen LogP contribution is 2.19. The Labute approximate surface area is 134 Å². The molecule has 1 aliphatic rings. The molecule has 120 valence electrons. The molecule has 1 aromatic heterocycles. The maximum atomic E-state index is 12.5. The molecule has 1 atom stereocenters. The number of aromatic nitrogens is 2. The Balaban J connectivity index is 2.10. The van der Waals surface area contributed by atoms with E-state index in [0.29, 0.717) is 25.3 Å². The third-order valence-corrected chi connectivity index (χ3v) is 4.66. The summed E-state index contributed by atoms with van der Waals surface area (Å²) in [6.45, 7) is 7.47. The van der Waals surface area contributed by atoms with Crippen molar-refractivity contribution in [3.8, 4) is 0 Å². The van der Waals surface area contributed by atoms with Crippen molar-refractivity contribution in [1.29, 1.82) is 0 Å². The Morgan fingerprint density at radius 1 is 1.55 bits per heavy atom. The number of nitrogens with zero attached hydrogens (tertiary/aromatic N) is 3. The number of methoxy groups -OCH3 is 1. The lowest BCUT2D eigenvalue weighted by molar-refractivity contribution is -0.130. The van der Waals surface area contributed by atoms with Gasteiger partial charge >= 0.3 is 5.97 Å². The standard InChI is InChI=1S/C15H21N3O3S/c1-4-8-22-11(2)14(19)17-6-5-7-18-12(10-17)9-13(16-18)15(20)21-3/h4,9,11H,1,5-8,10H2,2-3H3. The number of aryl methyl sites for hydroxylation is 1. The maximum Gasteiger partial charge on any atom is 0.358 e. The molecule has 0 spiro atoms. The van der Waals surface area contributed by atoms with Crippen molar-refractivity contribution in [3.05, 3.63) is 30.1 Å². The molecule has 2 heterocycles. The van der Waals surface area contributed by atoms with E-state index >= 15 is 0 Å². The second kappa shape index (κ2) is 7.49. The summed E-state index contributed by atoms with van der Waals surface area (Å²) in [5, 5.41) is 4.15. The van der Waals surface area contributed by atoms with E-state index < -0.39 is 5.97 Å². The fraction of sp³-hybridized carbons (Fsp3) is 0.533. The highest BCUT2D eigenvalue weighted by Gasteiger charge is 2.25. The zero-order valence-electron chi connectivity index (χ0n) is 12.9. The topological polar surface area (TPSA) is 64.4 Å². The molecule has 1 aliphatic heterocycles. The van der Waals surface area contributed by atoms with Crippen molar-refractivity contribution in [2.24, 2.45) is 0 Å². The van der Waals surface area contributed by atoms with Gasteiger partial charge < -0.3 is 9.64 Å². The van der Waals surface area contributed by atoms with Crippen LogP contribution in [-0.4, -0.2) is 51.2 Å². The SMILES string of the molecule is C=CCSC(C)C(=O)N1CCCn2nc(C(=O)OC)cc2C1. The number of ether oxygens (including phenoxy) is 1. The molecule has 0 bridgehead atoms. The average Bonchev–Trinajstić information content (AvgIpc) is 2.82. The second-order valence-electron chi connectivity index (χ2n) is 5.11. The van der Waals surface area contributed by atoms with Crippen LogP contribution in [0.4, 0.5) is 0 Å². The van der Waals surface area contributed by atoms with E-state index in [1.807, 2.05) is 11.8 Å². The van der Waals surface area contributed by atoms with Gasteiger partial charge in [0.15, 0.2) is 5.69 Å². The predicted molar refractivity (Wildman–Crippen MR) is 85.7 cm³/mol. The van der Waals surface area contributed by atoms with Gasteiger partial charge in [-0.15, -0.1) is 18.3 Å². The monoisotopic (exact) mass is 323 g/mol. The fourth-order valence-electron chi connectivity index (χ4n) is 2.40. The van der Waals surface area contributed by atoms with Gasteiger partial charge in [-0.05, 0) is 19.4 Å². The van der Waals surface area contributed by atoms with Crippen molar-refractivity contribution < 1.29 is 14.3 Å². The van der Waals surface area contributed by atoms with Crippen molar-refractivity contribution >= 4 is 23.6 Å². The Morgan fingerprint density at radius 2 is 2.32 bits per heavy atom. The van der Waals surface area contributed by atoms with Crippen LogP contribution in [0, 0.1) is 0 Å². The average molecular weight is 323 g/mol. The number of amides is 1.